The molecular weight excluding hydrogens is 370 g/mol. The van der Waals surface area contributed by atoms with Crippen LogP contribution in [0.5, 0.6) is 0 Å². The second-order valence-electron chi connectivity index (χ2n) is 6.43. The molecule has 1 saturated carbocycles. The van der Waals surface area contributed by atoms with Crippen molar-refractivity contribution in [3.63, 3.8) is 0 Å². The zero-order valence-corrected chi connectivity index (χ0v) is 15.6. The second kappa shape index (κ2) is 7.91. The summed E-state index contributed by atoms with van der Waals surface area (Å²) in [5.41, 5.74) is 1.49. The van der Waals surface area contributed by atoms with Gasteiger partial charge < -0.3 is 10.6 Å². The fraction of sp³-hybridized carbons (Fsp3) is 0.278. The highest BCUT2D eigenvalue weighted by atomic mass is 32.1. The number of halogens is 2. The van der Waals surface area contributed by atoms with Crippen molar-refractivity contribution in [1.29, 1.82) is 0 Å². The summed E-state index contributed by atoms with van der Waals surface area (Å²) in [6.07, 6.45) is 3.80. The zero-order chi connectivity index (χ0) is 18.1. The van der Waals surface area contributed by atoms with E-state index in [0.29, 0.717) is 28.9 Å². The number of nitrogens with zero attached hydrogens (tertiary/aromatic N) is 3. The molecule has 3 aromatic rings. The zero-order valence-electron chi connectivity index (χ0n) is 14.6. The average Bonchev–Trinajstić information content (AvgIpc) is 3.35. The number of nitrogens with one attached hydrogen (secondary N) is 3. The van der Waals surface area contributed by atoms with Gasteiger partial charge in [-0.2, -0.15) is 18.6 Å². The van der Waals surface area contributed by atoms with E-state index >= 15 is 0 Å². The minimum Gasteiger partial charge on any atom is -0.363 e. The van der Waals surface area contributed by atoms with Crippen molar-refractivity contribution in [3.05, 3.63) is 59.6 Å². The Morgan fingerprint density at radius 3 is 2.59 bits per heavy atom. The molecule has 0 amide bonds. The van der Waals surface area contributed by atoms with Crippen molar-refractivity contribution in [2.24, 2.45) is 0 Å². The lowest BCUT2D eigenvalue weighted by Crippen LogP contribution is -2.10. The molecule has 0 unspecified atom stereocenters. The van der Waals surface area contributed by atoms with Crippen molar-refractivity contribution < 1.29 is 8.78 Å². The van der Waals surface area contributed by atoms with E-state index in [4.69, 9.17) is 0 Å². The van der Waals surface area contributed by atoms with Gasteiger partial charge in [0.05, 0.1) is 6.04 Å². The van der Waals surface area contributed by atoms with E-state index in [2.05, 4.69) is 30.8 Å². The van der Waals surface area contributed by atoms with Gasteiger partial charge in [-0.05, 0) is 25.8 Å². The van der Waals surface area contributed by atoms with Crippen LogP contribution in [0.4, 0.5) is 26.2 Å². The summed E-state index contributed by atoms with van der Waals surface area (Å²) < 4.78 is 27.0. The SMILES string of the molecule is C[C@H](Nc1cc(Nc2cc(C3CC3)[nH]n2)ncn1)c1ccc(F)cc1F.S. The third-order valence-corrected chi connectivity index (χ3v) is 4.33. The summed E-state index contributed by atoms with van der Waals surface area (Å²) in [6, 6.07) is 6.83. The van der Waals surface area contributed by atoms with Gasteiger partial charge in [0, 0.05) is 35.4 Å². The summed E-state index contributed by atoms with van der Waals surface area (Å²) in [6.45, 7) is 1.78. The quantitative estimate of drug-likeness (QED) is 0.582. The molecule has 1 aliphatic carbocycles. The minimum atomic E-state index is -0.600. The fourth-order valence-electron chi connectivity index (χ4n) is 2.79. The maximum atomic E-state index is 13.9. The number of aromatic nitrogens is 4. The van der Waals surface area contributed by atoms with Crippen LogP contribution in [0.1, 0.15) is 43.0 Å². The Bertz CT molecular complexity index is 928. The molecule has 27 heavy (non-hydrogen) atoms. The van der Waals surface area contributed by atoms with Crippen LogP contribution < -0.4 is 10.6 Å². The molecule has 0 aliphatic heterocycles. The van der Waals surface area contributed by atoms with Gasteiger partial charge in [-0.1, -0.05) is 6.07 Å². The summed E-state index contributed by atoms with van der Waals surface area (Å²) in [5.74, 6) is 1.18. The third-order valence-electron chi connectivity index (χ3n) is 4.33. The summed E-state index contributed by atoms with van der Waals surface area (Å²) in [5, 5.41) is 13.5. The smallest absolute Gasteiger partial charge is 0.153 e. The van der Waals surface area contributed by atoms with Gasteiger partial charge in [0.25, 0.3) is 0 Å². The van der Waals surface area contributed by atoms with Gasteiger partial charge in [0.2, 0.25) is 0 Å². The number of H-pyrrole nitrogens is 1. The summed E-state index contributed by atoms with van der Waals surface area (Å²) in [7, 11) is 0. The summed E-state index contributed by atoms with van der Waals surface area (Å²) >= 11 is 0. The predicted octanol–water partition coefficient (Wildman–Crippen LogP) is 4.38. The van der Waals surface area contributed by atoms with Crippen LogP contribution in [0.2, 0.25) is 0 Å². The Balaban J connectivity index is 0.00000210. The predicted molar refractivity (Wildman–Crippen MR) is 105 cm³/mol. The Labute approximate surface area is 162 Å². The standard InChI is InChI=1S/C18H18F2N6.H2S/c1-10(13-5-4-12(19)6-14(13)20)23-16-8-17(22-9-21-16)24-18-7-15(25-26-18)11-2-3-11;/h4-11H,2-3H2,1H3,(H3,21,22,23,24,25,26);1H2/t10-;/m0./s1. The first-order valence-electron chi connectivity index (χ1n) is 8.44. The van der Waals surface area contributed by atoms with E-state index in [1.165, 1.54) is 31.3 Å². The lowest BCUT2D eigenvalue weighted by molar-refractivity contribution is 0.566. The molecule has 4 rings (SSSR count). The molecule has 1 atom stereocenters. The van der Waals surface area contributed by atoms with E-state index in [9.17, 15) is 8.78 Å². The molecule has 3 N–H and O–H groups in total. The van der Waals surface area contributed by atoms with Crippen molar-refractivity contribution >= 4 is 30.9 Å². The maximum absolute atomic E-state index is 13.9. The third kappa shape index (κ3) is 4.54. The molecule has 0 radical (unpaired) electrons. The number of anilines is 3. The Morgan fingerprint density at radius 1 is 1.07 bits per heavy atom. The van der Waals surface area contributed by atoms with E-state index in [0.717, 1.165) is 11.8 Å². The van der Waals surface area contributed by atoms with E-state index < -0.39 is 11.6 Å². The molecule has 1 fully saturated rings. The first-order chi connectivity index (χ1) is 12.6. The van der Waals surface area contributed by atoms with Crippen LogP contribution in [0.25, 0.3) is 0 Å². The van der Waals surface area contributed by atoms with Gasteiger partial charge in [0.15, 0.2) is 5.82 Å². The van der Waals surface area contributed by atoms with Gasteiger partial charge in [-0.15, -0.1) is 0 Å². The minimum absolute atomic E-state index is 0. The molecule has 2 heterocycles. The van der Waals surface area contributed by atoms with Crippen LogP contribution in [-0.2, 0) is 0 Å². The molecule has 9 heteroatoms. The maximum Gasteiger partial charge on any atom is 0.153 e. The number of benzene rings is 1. The molecule has 0 bridgehead atoms. The second-order valence-corrected chi connectivity index (χ2v) is 6.43. The topological polar surface area (TPSA) is 78.5 Å². The summed E-state index contributed by atoms with van der Waals surface area (Å²) in [4.78, 5) is 8.32. The fourth-order valence-corrected chi connectivity index (χ4v) is 2.79. The van der Waals surface area contributed by atoms with Crippen molar-refractivity contribution in [2.45, 2.75) is 31.7 Å². The number of rotatable bonds is 6. The number of aromatic amines is 1. The van der Waals surface area contributed by atoms with E-state index in [-0.39, 0.29) is 19.5 Å². The molecule has 2 aromatic heterocycles. The largest absolute Gasteiger partial charge is 0.363 e. The van der Waals surface area contributed by atoms with Gasteiger partial charge >= 0.3 is 0 Å². The normalized spacial score (nSPS) is 14.3. The van der Waals surface area contributed by atoms with Crippen LogP contribution in [0, 0.1) is 11.6 Å². The van der Waals surface area contributed by atoms with Crippen LogP contribution >= 0.6 is 13.5 Å². The lowest BCUT2D eigenvalue weighted by Gasteiger charge is -2.16. The first kappa shape index (κ1) is 19.1. The average molecular weight is 390 g/mol. The Hall–Kier alpha value is -2.68. The highest BCUT2D eigenvalue weighted by Crippen LogP contribution is 2.39. The first-order valence-corrected chi connectivity index (χ1v) is 8.44. The van der Waals surface area contributed by atoms with Gasteiger partial charge in [0.1, 0.15) is 29.6 Å². The van der Waals surface area contributed by atoms with Crippen molar-refractivity contribution in [2.75, 3.05) is 10.6 Å². The van der Waals surface area contributed by atoms with Gasteiger partial charge in [-0.3, -0.25) is 5.10 Å². The van der Waals surface area contributed by atoms with Crippen LogP contribution in [0.3, 0.4) is 0 Å². The molecule has 6 nitrogen and oxygen atoms in total. The molecule has 1 aromatic carbocycles. The molecule has 0 spiro atoms. The van der Waals surface area contributed by atoms with Crippen molar-refractivity contribution in [1.82, 2.24) is 20.2 Å². The Kier molecular flexibility index (Phi) is 5.59. The molecule has 1 aliphatic rings. The van der Waals surface area contributed by atoms with Crippen LogP contribution in [-0.4, -0.2) is 20.2 Å². The highest BCUT2D eigenvalue weighted by molar-refractivity contribution is 7.59. The highest BCUT2D eigenvalue weighted by Gasteiger charge is 2.25. The van der Waals surface area contributed by atoms with Crippen molar-refractivity contribution in [3.8, 4) is 0 Å². The Morgan fingerprint density at radius 2 is 1.85 bits per heavy atom. The molecule has 142 valence electrons. The van der Waals surface area contributed by atoms with Crippen LogP contribution in [0.15, 0.2) is 36.7 Å². The number of hydrogen-bond donors (Lipinski definition) is 3. The van der Waals surface area contributed by atoms with Gasteiger partial charge in [-0.25, -0.2) is 18.7 Å². The lowest BCUT2D eigenvalue weighted by atomic mass is 10.1. The van der Waals surface area contributed by atoms with E-state index in [1.807, 2.05) is 6.07 Å². The number of hydrogen-bond acceptors (Lipinski definition) is 5. The molecule has 0 saturated heterocycles. The monoisotopic (exact) mass is 390 g/mol. The molecular formula is C18H20F2N6S. The van der Waals surface area contributed by atoms with E-state index in [1.54, 1.807) is 13.0 Å².